The molecule has 3 aromatic rings. The highest BCUT2D eigenvalue weighted by atomic mass is 35.5. The van der Waals surface area contributed by atoms with E-state index in [4.69, 9.17) is 16.7 Å². The van der Waals surface area contributed by atoms with Crippen LogP contribution in [0.25, 0.3) is 11.1 Å². The molecule has 6 heteroatoms. The first kappa shape index (κ1) is 24.7. The fraction of sp³-hybridized carbons (Fsp3) is 0.367. The van der Waals surface area contributed by atoms with Crippen molar-refractivity contribution in [3.63, 3.8) is 0 Å². The third-order valence-electron chi connectivity index (χ3n) is 7.71. The fourth-order valence-corrected chi connectivity index (χ4v) is 6.14. The Hall–Kier alpha value is -3.02. The van der Waals surface area contributed by atoms with Gasteiger partial charge in [0.25, 0.3) is 0 Å². The van der Waals surface area contributed by atoms with Gasteiger partial charge < -0.3 is 20.4 Å². The van der Waals surface area contributed by atoms with Gasteiger partial charge in [0.15, 0.2) is 0 Å². The van der Waals surface area contributed by atoms with E-state index in [1.807, 2.05) is 38.1 Å². The SMILES string of the molecule is CC(C)(O)C(Cc1ccc2c(c1N1CCC(NC(=O)O)CC1)Cc1ccccc1-2)c1cccc(Cl)c1. The van der Waals surface area contributed by atoms with Gasteiger partial charge in [-0.3, -0.25) is 0 Å². The molecule has 1 saturated heterocycles. The van der Waals surface area contributed by atoms with Crippen molar-refractivity contribution in [3.05, 3.63) is 87.9 Å². The lowest BCUT2D eigenvalue weighted by Crippen LogP contribution is -2.44. The first-order valence-electron chi connectivity index (χ1n) is 12.7. The monoisotopic (exact) mass is 504 g/mol. The smallest absolute Gasteiger partial charge is 0.404 e. The van der Waals surface area contributed by atoms with Gasteiger partial charge in [0, 0.05) is 42.2 Å². The van der Waals surface area contributed by atoms with Crippen molar-refractivity contribution >= 4 is 23.4 Å². The minimum atomic E-state index is -0.959. The highest BCUT2D eigenvalue weighted by Crippen LogP contribution is 2.45. The van der Waals surface area contributed by atoms with Crippen LogP contribution in [0.2, 0.25) is 5.02 Å². The number of hydrogen-bond acceptors (Lipinski definition) is 3. The van der Waals surface area contributed by atoms with Crippen molar-refractivity contribution in [3.8, 4) is 11.1 Å². The summed E-state index contributed by atoms with van der Waals surface area (Å²) in [5, 5.41) is 23.7. The Bertz CT molecular complexity index is 1280. The molecule has 0 radical (unpaired) electrons. The molecule has 1 aliphatic carbocycles. The normalized spacial score (nSPS) is 16.4. The molecule has 5 nitrogen and oxygen atoms in total. The Kier molecular flexibility index (Phi) is 6.71. The quantitative estimate of drug-likeness (QED) is 0.290. The second-order valence-corrected chi connectivity index (χ2v) is 11.0. The molecule has 1 unspecified atom stereocenters. The van der Waals surface area contributed by atoms with E-state index in [9.17, 15) is 9.90 Å². The molecule has 36 heavy (non-hydrogen) atoms. The predicted octanol–water partition coefficient (Wildman–Crippen LogP) is 6.24. The Morgan fingerprint density at radius 1 is 1.08 bits per heavy atom. The van der Waals surface area contributed by atoms with Gasteiger partial charge in [0.1, 0.15) is 0 Å². The van der Waals surface area contributed by atoms with E-state index in [1.54, 1.807) is 0 Å². The van der Waals surface area contributed by atoms with Crippen LogP contribution in [-0.4, -0.2) is 41.0 Å². The number of anilines is 1. The number of carbonyl (C=O) groups is 1. The molecule has 188 valence electrons. The molecular formula is C30H33ClN2O3. The number of rotatable bonds is 6. The average molecular weight is 505 g/mol. The Labute approximate surface area is 217 Å². The van der Waals surface area contributed by atoms with E-state index in [1.165, 1.54) is 33.5 Å². The number of piperidine rings is 1. The summed E-state index contributed by atoms with van der Waals surface area (Å²) < 4.78 is 0. The number of benzene rings is 3. The van der Waals surface area contributed by atoms with Crippen LogP contribution in [-0.2, 0) is 12.8 Å². The Morgan fingerprint density at radius 2 is 1.83 bits per heavy atom. The van der Waals surface area contributed by atoms with E-state index in [-0.39, 0.29) is 12.0 Å². The van der Waals surface area contributed by atoms with E-state index in [0.29, 0.717) is 11.4 Å². The van der Waals surface area contributed by atoms with Gasteiger partial charge in [-0.1, -0.05) is 60.1 Å². The number of nitrogens with zero attached hydrogens (tertiary/aromatic N) is 1. The van der Waals surface area contributed by atoms with Crippen LogP contribution >= 0.6 is 11.6 Å². The van der Waals surface area contributed by atoms with Crippen molar-refractivity contribution < 1.29 is 15.0 Å². The highest BCUT2D eigenvalue weighted by Gasteiger charge is 2.33. The van der Waals surface area contributed by atoms with Crippen LogP contribution in [0.4, 0.5) is 10.5 Å². The number of carboxylic acid groups (broad SMARTS) is 1. The second-order valence-electron chi connectivity index (χ2n) is 10.6. The zero-order chi connectivity index (χ0) is 25.4. The van der Waals surface area contributed by atoms with Gasteiger partial charge in [0.2, 0.25) is 0 Å². The summed E-state index contributed by atoms with van der Waals surface area (Å²) in [4.78, 5) is 13.6. The first-order chi connectivity index (χ1) is 17.2. The molecule has 1 atom stereocenters. The molecule has 1 heterocycles. The summed E-state index contributed by atoms with van der Waals surface area (Å²) in [5.74, 6) is -0.136. The van der Waals surface area contributed by atoms with Gasteiger partial charge in [-0.2, -0.15) is 0 Å². The van der Waals surface area contributed by atoms with Crippen molar-refractivity contribution in [2.75, 3.05) is 18.0 Å². The van der Waals surface area contributed by atoms with E-state index >= 15 is 0 Å². The third kappa shape index (κ3) is 4.95. The summed E-state index contributed by atoms with van der Waals surface area (Å²) in [6.07, 6.45) is 2.14. The lowest BCUT2D eigenvalue weighted by Gasteiger charge is -2.37. The van der Waals surface area contributed by atoms with Crippen molar-refractivity contribution in [2.24, 2.45) is 0 Å². The largest absolute Gasteiger partial charge is 0.465 e. The topological polar surface area (TPSA) is 72.8 Å². The average Bonchev–Trinajstić information content (AvgIpc) is 3.20. The van der Waals surface area contributed by atoms with Crippen LogP contribution in [0, 0.1) is 0 Å². The molecule has 2 aliphatic rings. The minimum absolute atomic E-state index is 0.0215. The summed E-state index contributed by atoms with van der Waals surface area (Å²) in [7, 11) is 0. The zero-order valence-electron chi connectivity index (χ0n) is 20.8. The minimum Gasteiger partial charge on any atom is -0.465 e. The number of fused-ring (bicyclic) bond motifs is 3. The number of hydrogen-bond donors (Lipinski definition) is 3. The molecule has 0 aromatic heterocycles. The molecule has 1 amide bonds. The highest BCUT2D eigenvalue weighted by molar-refractivity contribution is 6.30. The standard InChI is InChI=1S/C30H33ClN2O3/c1-30(2,36)27(20-7-5-8-22(31)16-20)18-21-10-11-25-24-9-4-3-6-19(24)17-26(25)28(21)33-14-12-23(13-15-33)32-29(34)35/h3-11,16,23,27,32,36H,12-15,17-18H2,1-2H3,(H,34,35). The predicted molar refractivity (Wildman–Crippen MR) is 145 cm³/mol. The van der Waals surface area contributed by atoms with Gasteiger partial charge in [0.05, 0.1) is 5.60 Å². The molecule has 3 N–H and O–H groups in total. The Balaban J connectivity index is 1.55. The van der Waals surface area contributed by atoms with Gasteiger partial charge in [-0.05, 0) is 78.6 Å². The van der Waals surface area contributed by atoms with Crippen LogP contribution in [0.5, 0.6) is 0 Å². The maximum Gasteiger partial charge on any atom is 0.404 e. The second kappa shape index (κ2) is 9.79. The molecule has 3 aromatic carbocycles. The van der Waals surface area contributed by atoms with E-state index < -0.39 is 11.7 Å². The van der Waals surface area contributed by atoms with Crippen molar-refractivity contribution in [2.45, 2.75) is 57.1 Å². The van der Waals surface area contributed by atoms with Crippen LogP contribution in [0.3, 0.4) is 0 Å². The number of amides is 1. The molecule has 0 saturated carbocycles. The maximum absolute atomic E-state index is 11.2. The molecule has 0 bridgehead atoms. The summed E-state index contributed by atoms with van der Waals surface area (Å²) in [6, 6.07) is 20.8. The molecule has 1 aliphatic heterocycles. The number of aliphatic hydroxyl groups is 1. The van der Waals surface area contributed by atoms with Crippen molar-refractivity contribution in [1.82, 2.24) is 5.32 Å². The van der Waals surface area contributed by atoms with Crippen molar-refractivity contribution in [1.29, 1.82) is 0 Å². The summed E-state index contributed by atoms with van der Waals surface area (Å²) in [6.45, 7) is 5.30. The maximum atomic E-state index is 11.2. The third-order valence-corrected chi connectivity index (χ3v) is 7.94. The summed E-state index contributed by atoms with van der Waals surface area (Å²) >= 11 is 6.34. The number of nitrogens with one attached hydrogen (secondary N) is 1. The lowest BCUT2D eigenvalue weighted by molar-refractivity contribution is 0.0496. The molecule has 0 spiro atoms. The lowest BCUT2D eigenvalue weighted by atomic mass is 9.79. The molecular weight excluding hydrogens is 472 g/mol. The van der Waals surface area contributed by atoms with Crippen LogP contribution in [0.15, 0.2) is 60.7 Å². The first-order valence-corrected chi connectivity index (χ1v) is 13.0. The van der Waals surface area contributed by atoms with E-state index in [2.05, 4.69) is 46.6 Å². The van der Waals surface area contributed by atoms with Crippen LogP contribution in [0.1, 0.15) is 54.9 Å². The van der Waals surface area contributed by atoms with E-state index in [0.717, 1.165) is 37.9 Å². The van der Waals surface area contributed by atoms with Gasteiger partial charge in [-0.25, -0.2) is 4.79 Å². The fourth-order valence-electron chi connectivity index (χ4n) is 5.94. The molecule has 1 fully saturated rings. The summed E-state index contributed by atoms with van der Waals surface area (Å²) in [5.41, 5.74) is 7.76. The zero-order valence-corrected chi connectivity index (χ0v) is 21.6. The number of halogens is 1. The van der Waals surface area contributed by atoms with Crippen LogP contribution < -0.4 is 10.2 Å². The van der Waals surface area contributed by atoms with Gasteiger partial charge >= 0.3 is 6.09 Å². The van der Waals surface area contributed by atoms with Gasteiger partial charge in [-0.15, -0.1) is 0 Å². The molecule has 5 rings (SSSR count). The Morgan fingerprint density at radius 3 is 2.53 bits per heavy atom.